The zero-order chi connectivity index (χ0) is 17.8. The van der Waals surface area contributed by atoms with Crippen LogP contribution < -0.4 is 0 Å². The highest BCUT2D eigenvalue weighted by Crippen LogP contribution is 2.50. The van der Waals surface area contributed by atoms with E-state index in [0.29, 0.717) is 0 Å². The van der Waals surface area contributed by atoms with Crippen molar-refractivity contribution in [2.24, 2.45) is 0 Å². The molecule has 6 heteroatoms. The molecular formula is C19H10F3I2S+. The van der Waals surface area contributed by atoms with Gasteiger partial charge in [-0.1, -0.05) is 12.1 Å². The quantitative estimate of drug-likeness (QED) is 0.158. The van der Waals surface area contributed by atoms with Crippen molar-refractivity contribution in [2.75, 3.05) is 0 Å². The predicted molar refractivity (Wildman–Crippen MR) is 116 cm³/mol. The average Bonchev–Trinajstić information content (AvgIpc) is 2.92. The van der Waals surface area contributed by atoms with E-state index in [1.54, 1.807) is 12.1 Å². The molecule has 0 N–H and O–H groups in total. The first-order valence-corrected chi connectivity index (χ1v) is 10.7. The van der Waals surface area contributed by atoms with Gasteiger partial charge in [0.2, 0.25) is 0 Å². The van der Waals surface area contributed by atoms with Crippen molar-refractivity contribution in [3.63, 3.8) is 0 Å². The lowest BCUT2D eigenvalue weighted by Crippen LogP contribution is -2.03. The average molecular weight is 581 g/mol. The minimum atomic E-state index is -4.31. The maximum Gasteiger partial charge on any atom is 0.416 e. The summed E-state index contributed by atoms with van der Waals surface area (Å²) < 4.78 is 43.4. The monoisotopic (exact) mass is 581 g/mol. The number of halogens is 5. The lowest BCUT2D eigenvalue weighted by molar-refractivity contribution is -0.137. The number of benzene rings is 3. The highest BCUT2D eigenvalue weighted by molar-refractivity contribution is 14.1. The van der Waals surface area contributed by atoms with Gasteiger partial charge < -0.3 is 0 Å². The van der Waals surface area contributed by atoms with Crippen LogP contribution in [-0.2, 0) is 6.18 Å². The Labute approximate surface area is 172 Å². The largest absolute Gasteiger partial charge is 0.416 e. The predicted octanol–water partition coefficient (Wildman–Crippen LogP) is 7.96. The molecule has 0 aliphatic heterocycles. The SMILES string of the molecule is FC(F)(F)c1ccc(-[s+]2c3ccccc3c3c(I)c(I)ccc32)cc1. The number of hydrogen-bond donors (Lipinski definition) is 0. The first-order chi connectivity index (χ1) is 11.9. The van der Waals surface area contributed by atoms with E-state index in [2.05, 4.69) is 69.4 Å². The molecule has 0 spiro atoms. The van der Waals surface area contributed by atoms with Gasteiger partial charge in [0.15, 0.2) is 14.3 Å². The fraction of sp³-hybridized carbons (Fsp3) is 0.0526. The van der Waals surface area contributed by atoms with Gasteiger partial charge in [-0.2, -0.15) is 13.2 Å². The Morgan fingerprint density at radius 2 is 1.44 bits per heavy atom. The molecule has 4 aromatic rings. The molecule has 1 unspecified atom stereocenters. The Balaban J connectivity index is 2.05. The Kier molecular flexibility index (Phi) is 4.48. The van der Waals surface area contributed by atoms with Crippen LogP contribution in [0.2, 0.25) is 0 Å². The minimum Gasteiger partial charge on any atom is -0.166 e. The summed E-state index contributed by atoms with van der Waals surface area (Å²) in [6.07, 6.45) is -4.31. The van der Waals surface area contributed by atoms with Crippen LogP contribution >= 0.6 is 55.7 Å². The van der Waals surface area contributed by atoms with Crippen LogP contribution in [0.5, 0.6) is 0 Å². The Bertz CT molecular complexity index is 1100. The maximum atomic E-state index is 12.9. The van der Waals surface area contributed by atoms with Crippen molar-refractivity contribution in [1.29, 1.82) is 0 Å². The van der Waals surface area contributed by atoms with Crippen molar-refractivity contribution in [3.8, 4) is 4.90 Å². The molecule has 1 aromatic heterocycles. The third kappa shape index (κ3) is 2.95. The van der Waals surface area contributed by atoms with Gasteiger partial charge in [0.05, 0.1) is 10.9 Å². The number of hydrogen-bond acceptors (Lipinski definition) is 0. The lowest BCUT2D eigenvalue weighted by atomic mass is 10.2. The summed E-state index contributed by atoms with van der Waals surface area (Å²) in [5.41, 5.74) is -0.607. The Morgan fingerprint density at radius 1 is 0.760 bits per heavy atom. The zero-order valence-corrected chi connectivity index (χ0v) is 17.7. The van der Waals surface area contributed by atoms with E-state index in [9.17, 15) is 13.2 Å². The van der Waals surface area contributed by atoms with E-state index >= 15 is 0 Å². The summed E-state index contributed by atoms with van der Waals surface area (Å²) in [6.45, 7) is 0. The topological polar surface area (TPSA) is 0 Å². The van der Waals surface area contributed by atoms with E-state index < -0.39 is 11.7 Å². The van der Waals surface area contributed by atoms with E-state index in [4.69, 9.17) is 0 Å². The number of thiophene rings is 1. The summed E-state index contributed by atoms with van der Waals surface area (Å²) in [5.74, 6) is 0. The van der Waals surface area contributed by atoms with Gasteiger partial charge in [-0.05, 0) is 87.6 Å². The zero-order valence-electron chi connectivity index (χ0n) is 12.6. The van der Waals surface area contributed by atoms with E-state index in [-0.39, 0.29) is 10.5 Å². The third-order valence-electron chi connectivity index (χ3n) is 4.07. The molecule has 126 valence electrons. The van der Waals surface area contributed by atoms with Crippen molar-refractivity contribution < 1.29 is 13.2 Å². The van der Waals surface area contributed by atoms with Crippen LogP contribution in [0.4, 0.5) is 13.2 Å². The van der Waals surface area contributed by atoms with Crippen LogP contribution in [0.1, 0.15) is 5.56 Å². The van der Waals surface area contributed by atoms with Gasteiger partial charge in [-0.25, -0.2) is 0 Å². The van der Waals surface area contributed by atoms with Crippen molar-refractivity contribution in [1.82, 2.24) is 0 Å². The molecule has 0 saturated carbocycles. The van der Waals surface area contributed by atoms with Crippen LogP contribution in [0, 0.1) is 7.14 Å². The molecule has 0 aliphatic rings. The second-order valence-corrected chi connectivity index (χ2v) is 9.76. The normalized spacial score (nSPS) is 12.9. The number of fused-ring (bicyclic) bond motifs is 3. The maximum absolute atomic E-state index is 12.9. The molecule has 3 aromatic carbocycles. The summed E-state index contributed by atoms with van der Waals surface area (Å²) >= 11 is 4.68. The highest BCUT2D eigenvalue weighted by Gasteiger charge is 2.31. The van der Waals surface area contributed by atoms with Crippen LogP contribution in [0.15, 0.2) is 60.7 Å². The van der Waals surface area contributed by atoms with Gasteiger partial charge in [0.1, 0.15) is 0 Å². The third-order valence-corrected chi connectivity index (χ3v) is 9.44. The van der Waals surface area contributed by atoms with Crippen LogP contribution in [0.25, 0.3) is 25.1 Å². The lowest BCUT2D eigenvalue weighted by Gasteiger charge is -2.05. The summed E-state index contributed by atoms with van der Waals surface area (Å²) in [4.78, 5) is 0.913. The molecule has 0 aliphatic carbocycles. The summed E-state index contributed by atoms with van der Waals surface area (Å²) in [6, 6.07) is 18.0. The van der Waals surface area contributed by atoms with Crippen molar-refractivity contribution >= 4 is 75.8 Å². The van der Waals surface area contributed by atoms with E-state index in [1.807, 2.05) is 12.1 Å². The summed E-state index contributed by atoms with van der Waals surface area (Å²) in [7, 11) is -0.370. The number of rotatable bonds is 1. The molecule has 0 radical (unpaired) electrons. The molecule has 0 nitrogen and oxygen atoms in total. The smallest absolute Gasteiger partial charge is 0.166 e. The Morgan fingerprint density at radius 3 is 2.12 bits per heavy atom. The van der Waals surface area contributed by atoms with E-state index in [0.717, 1.165) is 4.90 Å². The van der Waals surface area contributed by atoms with Gasteiger partial charge in [-0.3, -0.25) is 0 Å². The molecule has 0 fully saturated rings. The van der Waals surface area contributed by atoms with Crippen molar-refractivity contribution in [2.45, 2.75) is 6.18 Å². The van der Waals surface area contributed by atoms with Crippen LogP contribution in [-0.4, -0.2) is 0 Å². The second kappa shape index (κ2) is 6.38. The van der Waals surface area contributed by atoms with E-state index in [1.165, 1.54) is 39.4 Å². The number of alkyl halides is 3. The van der Waals surface area contributed by atoms with Gasteiger partial charge in [-0.15, -0.1) is 0 Å². The molecule has 0 amide bonds. The van der Waals surface area contributed by atoms with Gasteiger partial charge in [0.25, 0.3) is 0 Å². The fourth-order valence-corrected chi connectivity index (χ4v) is 6.73. The highest BCUT2D eigenvalue weighted by atomic mass is 127. The van der Waals surface area contributed by atoms with Gasteiger partial charge in [0, 0.05) is 29.1 Å². The molecule has 1 heterocycles. The molecule has 4 rings (SSSR count). The first kappa shape index (κ1) is 17.5. The fourth-order valence-electron chi connectivity index (χ4n) is 2.96. The van der Waals surface area contributed by atoms with Crippen molar-refractivity contribution in [3.05, 3.63) is 73.4 Å². The minimum absolute atomic E-state index is 0.370. The molecule has 0 bridgehead atoms. The van der Waals surface area contributed by atoms with Gasteiger partial charge >= 0.3 is 6.18 Å². The first-order valence-electron chi connectivity index (χ1n) is 7.37. The summed E-state index contributed by atoms with van der Waals surface area (Å²) in [5, 5.41) is 2.40. The molecule has 1 atom stereocenters. The second-order valence-electron chi connectivity index (χ2n) is 5.56. The molecule has 25 heavy (non-hydrogen) atoms. The molecule has 0 saturated heterocycles. The standard InChI is InChI=1S/C19H10F3I2S/c20-19(21,22)11-5-7-12(8-6-11)25-15-4-2-1-3-13(15)17-16(25)10-9-14(23)18(17)24/h1-10H/q+1. The molecular weight excluding hydrogens is 571 g/mol. The van der Waals surface area contributed by atoms with Crippen LogP contribution in [0.3, 0.4) is 0 Å². The Hall–Kier alpha value is -0.870.